The fourth-order valence-corrected chi connectivity index (χ4v) is 2.40. The van der Waals surface area contributed by atoms with Gasteiger partial charge in [-0.1, -0.05) is 17.3 Å². The number of amides is 1. The summed E-state index contributed by atoms with van der Waals surface area (Å²) in [7, 11) is 0. The highest BCUT2D eigenvalue weighted by molar-refractivity contribution is 5.94. The van der Waals surface area contributed by atoms with Crippen LogP contribution in [0.2, 0.25) is 0 Å². The molecular weight excluding hydrogens is 371 g/mol. The quantitative estimate of drug-likeness (QED) is 0.817. The summed E-state index contributed by atoms with van der Waals surface area (Å²) in [5.41, 5.74) is 1.37. The highest BCUT2D eigenvalue weighted by atomic mass is 19.4. The van der Waals surface area contributed by atoms with Crippen LogP contribution in [0.25, 0.3) is 11.4 Å². The van der Waals surface area contributed by atoms with Gasteiger partial charge in [0.2, 0.25) is 0 Å². The van der Waals surface area contributed by atoms with Gasteiger partial charge in [0.1, 0.15) is 0 Å². The maximum Gasteiger partial charge on any atom is 0.490 e. The first-order valence-electron chi connectivity index (χ1n) is 7.94. The lowest BCUT2D eigenvalue weighted by Gasteiger charge is -2.26. The lowest BCUT2D eigenvalue weighted by molar-refractivity contribution is -0.192. The third kappa shape index (κ3) is 5.69. The largest absolute Gasteiger partial charge is 0.490 e. The number of piperidine rings is 1. The van der Waals surface area contributed by atoms with Gasteiger partial charge in [0.05, 0.1) is 0 Å². The second kappa shape index (κ2) is 8.52. The van der Waals surface area contributed by atoms with Crippen LogP contribution < -0.4 is 5.76 Å². The van der Waals surface area contributed by atoms with E-state index in [0.717, 1.165) is 25.9 Å². The number of alkyl halides is 3. The molecule has 0 saturated carbocycles. The molecule has 146 valence electrons. The van der Waals surface area contributed by atoms with E-state index in [4.69, 9.17) is 9.90 Å². The molecule has 0 bridgehead atoms. The average Bonchev–Trinajstić information content (AvgIpc) is 3.08. The number of likely N-dealkylation sites (tertiary alicyclic amines) is 1. The summed E-state index contributed by atoms with van der Waals surface area (Å²) < 4.78 is 36.2. The number of aliphatic carboxylic acids is 1. The zero-order valence-electron chi connectivity index (χ0n) is 14.0. The fraction of sp³-hybridized carbons (Fsp3) is 0.375. The van der Waals surface area contributed by atoms with Crippen LogP contribution in [0.1, 0.15) is 29.6 Å². The Bertz CT molecular complexity index is 836. The zero-order valence-corrected chi connectivity index (χ0v) is 14.0. The van der Waals surface area contributed by atoms with Crippen molar-refractivity contribution in [1.82, 2.24) is 15.0 Å². The smallest absolute Gasteiger partial charge is 0.475 e. The molecule has 1 aliphatic rings. The topological polar surface area (TPSA) is 116 Å². The predicted molar refractivity (Wildman–Crippen MR) is 86.0 cm³/mol. The Morgan fingerprint density at radius 1 is 1.11 bits per heavy atom. The molecule has 1 aromatic heterocycles. The lowest BCUT2D eigenvalue weighted by atomic mass is 10.1. The Morgan fingerprint density at radius 3 is 2.11 bits per heavy atom. The first-order valence-corrected chi connectivity index (χ1v) is 7.94. The molecular formula is C16H16F3N3O5. The summed E-state index contributed by atoms with van der Waals surface area (Å²) in [6.07, 6.45) is -1.74. The van der Waals surface area contributed by atoms with Crippen molar-refractivity contribution < 1.29 is 32.4 Å². The number of carbonyl (C=O) groups is 2. The van der Waals surface area contributed by atoms with Gasteiger partial charge in [-0.2, -0.15) is 13.2 Å². The molecule has 11 heteroatoms. The van der Waals surface area contributed by atoms with Crippen LogP contribution in [0.15, 0.2) is 33.6 Å². The SMILES string of the molecule is O=C(O)C(F)(F)F.O=C(c1ccc(-c2noc(=O)[nH]2)cc1)N1CCCCC1. The number of benzene rings is 1. The summed E-state index contributed by atoms with van der Waals surface area (Å²) in [4.78, 5) is 36.4. The van der Waals surface area contributed by atoms with Gasteiger partial charge < -0.3 is 10.0 Å². The second-order valence-corrected chi connectivity index (χ2v) is 5.68. The number of aromatic nitrogens is 2. The molecule has 1 amide bonds. The van der Waals surface area contributed by atoms with Gasteiger partial charge >= 0.3 is 17.9 Å². The number of hydrogen-bond donors (Lipinski definition) is 2. The molecule has 2 N–H and O–H groups in total. The maximum absolute atomic E-state index is 12.3. The van der Waals surface area contributed by atoms with E-state index >= 15 is 0 Å². The maximum atomic E-state index is 12.3. The lowest BCUT2D eigenvalue weighted by Crippen LogP contribution is -2.35. The Kier molecular flexibility index (Phi) is 6.37. The summed E-state index contributed by atoms with van der Waals surface area (Å²) >= 11 is 0. The number of rotatable bonds is 2. The van der Waals surface area contributed by atoms with Gasteiger partial charge in [-0.05, 0) is 31.4 Å². The average molecular weight is 387 g/mol. The molecule has 27 heavy (non-hydrogen) atoms. The van der Waals surface area contributed by atoms with Crippen molar-refractivity contribution in [2.45, 2.75) is 25.4 Å². The van der Waals surface area contributed by atoms with Crippen LogP contribution in [-0.4, -0.2) is 51.3 Å². The third-order valence-corrected chi connectivity index (χ3v) is 3.73. The Labute approximate surface area is 150 Å². The predicted octanol–water partition coefficient (Wildman–Crippen LogP) is 2.29. The van der Waals surface area contributed by atoms with Gasteiger partial charge in [0, 0.05) is 24.2 Å². The Balaban J connectivity index is 0.000000321. The highest BCUT2D eigenvalue weighted by Gasteiger charge is 2.38. The Hall–Kier alpha value is -3.11. The van der Waals surface area contributed by atoms with Crippen LogP contribution in [-0.2, 0) is 4.79 Å². The number of nitrogens with one attached hydrogen (secondary N) is 1. The number of H-pyrrole nitrogens is 1. The van der Waals surface area contributed by atoms with Gasteiger partial charge in [0.25, 0.3) is 5.91 Å². The van der Waals surface area contributed by atoms with Crippen LogP contribution in [0.5, 0.6) is 0 Å². The van der Waals surface area contributed by atoms with Crippen molar-refractivity contribution in [1.29, 1.82) is 0 Å². The van der Waals surface area contributed by atoms with E-state index in [1.807, 2.05) is 4.90 Å². The number of aromatic amines is 1. The third-order valence-electron chi connectivity index (χ3n) is 3.73. The molecule has 8 nitrogen and oxygen atoms in total. The van der Waals surface area contributed by atoms with E-state index in [1.54, 1.807) is 24.3 Å². The van der Waals surface area contributed by atoms with Gasteiger partial charge in [-0.3, -0.25) is 14.3 Å². The number of halogens is 3. The van der Waals surface area contributed by atoms with Crippen LogP contribution in [0, 0.1) is 0 Å². The summed E-state index contributed by atoms with van der Waals surface area (Å²) in [5, 5.41) is 10.7. The minimum absolute atomic E-state index is 0.0601. The first kappa shape index (κ1) is 20.2. The zero-order chi connectivity index (χ0) is 20.0. The van der Waals surface area contributed by atoms with Crippen molar-refractivity contribution in [3.05, 3.63) is 40.4 Å². The molecule has 1 saturated heterocycles. The molecule has 0 aliphatic carbocycles. The molecule has 1 fully saturated rings. The van der Waals surface area contributed by atoms with Crippen LogP contribution >= 0.6 is 0 Å². The number of carboxylic acids is 1. The van der Waals surface area contributed by atoms with E-state index in [1.165, 1.54) is 6.42 Å². The molecule has 0 spiro atoms. The number of carboxylic acid groups (broad SMARTS) is 1. The minimum atomic E-state index is -5.08. The number of carbonyl (C=O) groups excluding carboxylic acids is 1. The van der Waals surface area contributed by atoms with Gasteiger partial charge in [-0.15, -0.1) is 0 Å². The Morgan fingerprint density at radius 2 is 1.67 bits per heavy atom. The molecule has 0 radical (unpaired) electrons. The second-order valence-electron chi connectivity index (χ2n) is 5.68. The standard InChI is InChI=1S/C14H15N3O3.C2HF3O2/c18-13(17-8-2-1-3-9-17)11-6-4-10(5-7-11)12-15-14(19)20-16-12;3-2(4,5)1(6)7/h4-7H,1-3,8-9H2,(H,15,16,19);(H,6,7). The highest BCUT2D eigenvalue weighted by Crippen LogP contribution is 2.17. The summed E-state index contributed by atoms with van der Waals surface area (Å²) in [5.74, 6) is -2.92. The number of hydrogen-bond acceptors (Lipinski definition) is 5. The van der Waals surface area contributed by atoms with E-state index in [-0.39, 0.29) is 5.91 Å². The van der Waals surface area contributed by atoms with Gasteiger partial charge in [-0.25, -0.2) is 9.59 Å². The van der Waals surface area contributed by atoms with Crippen molar-refractivity contribution in [2.24, 2.45) is 0 Å². The molecule has 0 unspecified atom stereocenters. The number of nitrogens with zero attached hydrogens (tertiary/aromatic N) is 2. The molecule has 2 heterocycles. The molecule has 1 aromatic carbocycles. The van der Waals surface area contributed by atoms with Crippen LogP contribution in [0.3, 0.4) is 0 Å². The molecule has 1 aliphatic heterocycles. The monoisotopic (exact) mass is 387 g/mol. The summed E-state index contributed by atoms with van der Waals surface area (Å²) in [6, 6.07) is 7.01. The van der Waals surface area contributed by atoms with Gasteiger partial charge in [0.15, 0.2) is 5.82 Å². The first-order chi connectivity index (χ1) is 12.7. The molecule has 0 atom stereocenters. The molecule has 3 rings (SSSR count). The summed E-state index contributed by atoms with van der Waals surface area (Å²) in [6.45, 7) is 1.66. The van der Waals surface area contributed by atoms with Crippen molar-refractivity contribution >= 4 is 11.9 Å². The fourth-order valence-electron chi connectivity index (χ4n) is 2.40. The van der Waals surface area contributed by atoms with E-state index in [9.17, 15) is 22.8 Å². The van der Waals surface area contributed by atoms with Crippen molar-refractivity contribution in [3.63, 3.8) is 0 Å². The van der Waals surface area contributed by atoms with Crippen molar-refractivity contribution in [2.75, 3.05) is 13.1 Å². The van der Waals surface area contributed by atoms with E-state index < -0.39 is 17.9 Å². The van der Waals surface area contributed by atoms with Crippen LogP contribution in [0.4, 0.5) is 13.2 Å². The van der Waals surface area contributed by atoms with E-state index in [0.29, 0.717) is 17.0 Å². The molecule has 2 aromatic rings. The van der Waals surface area contributed by atoms with E-state index in [2.05, 4.69) is 14.7 Å². The minimum Gasteiger partial charge on any atom is -0.475 e. The normalized spacial score (nSPS) is 14.3. The van der Waals surface area contributed by atoms with Crippen molar-refractivity contribution in [3.8, 4) is 11.4 Å².